The summed E-state index contributed by atoms with van der Waals surface area (Å²) in [5, 5.41) is 3.38. The Balaban J connectivity index is 1.60. The first-order valence-electron chi connectivity index (χ1n) is 10.4. The van der Waals surface area contributed by atoms with E-state index in [0.29, 0.717) is 33.9 Å². The van der Waals surface area contributed by atoms with E-state index in [1.165, 1.54) is 11.8 Å². The van der Waals surface area contributed by atoms with Gasteiger partial charge in [-0.2, -0.15) is 0 Å². The van der Waals surface area contributed by atoms with Gasteiger partial charge in [-0.25, -0.2) is 4.99 Å². The van der Waals surface area contributed by atoms with Crippen LogP contribution in [0.25, 0.3) is 0 Å². The van der Waals surface area contributed by atoms with Crippen LogP contribution in [-0.4, -0.2) is 34.2 Å². The third kappa shape index (κ3) is 6.20. The molecule has 4 rings (SSSR count). The summed E-state index contributed by atoms with van der Waals surface area (Å²) < 4.78 is 6.07. The summed E-state index contributed by atoms with van der Waals surface area (Å²) >= 11 is 10.7. The van der Waals surface area contributed by atoms with Crippen molar-refractivity contribution < 1.29 is 14.3 Å². The molecule has 0 aromatic heterocycles. The number of aliphatic imine (C=N–C) groups is 1. The minimum Gasteiger partial charge on any atom is -0.497 e. The predicted molar refractivity (Wildman–Crippen MR) is 141 cm³/mol. The quantitative estimate of drug-likeness (QED) is 0.387. The summed E-state index contributed by atoms with van der Waals surface area (Å²) in [6.07, 6.45) is 0.0692. The number of rotatable bonds is 6. The van der Waals surface area contributed by atoms with E-state index in [0.717, 1.165) is 10.0 Å². The number of ether oxygens (including phenoxy) is 1. The van der Waals surface area contributed by atoms with Gasteiger partial charge in [0, 0.05) is 21.6 Å². The number of amides is 2. The fourth-order valence-corrected chi connectivity index (χ4v) is 4.95. The molecule has 1 unspecified atom stereocenters. The van der Waals surface area contributed by atoms with Gasteiger partial charge in [-0.05, 0) is 60.2 Å². The van der Waals surface area contributed by atoms with Gasteiger partial charge in [0.2, 0.25) is 11.8 Å². The van der Waals surface area contributed by atoms with Gasteiger partial charge in [-0.1, -0.05) is 57.5 Å². The minimum atomic E-state index is -0.607. The Bertz CT molecular complexity index is 1220. The zero-order valence-corrected chi connectivity index (χ0v) is 21.4. The van der Waals surface area contributed by atoms with E-state index in [1.807, 2.05) is 42.5 Å². The molecule has 1 saturated heterocycles. The highest BCUT2D eigenvalue weighted by Crippen LogP contribution is 2.32. The summed E-state index contributed by atoms with van der Waals surface area (Å²) in [7, 11) is 1.60. The molecule has 0 aliphatic carbocycles. The van der Waals surface area contributed by atoms with E-state index in [-0.39, 0.29) is 18.2 Å². The first-order valence-corrected chi connectivity index (χ1v) is 12.5. The van der Waals surface area contributed by atoms with E-state index in [9.17, 15) is 9.59 Å². The highest BCUT2D eigenvalue weighted by Gasteiger charge is 2.36. The number of amidine groups is 1. The lowest BCUT2D eigenvalue weighted by Gasteiger charge is -2.32. The van der Waals surface area contributed by atoms with Crippen LogP contribution in [0.3, 0.4) is 0 Å². The number of nitrogens with one attached hydrogen (secondary N) is 1. The van der Waals surface area contributed by atoms with Crippen molar-refractivity contribution >= 4 is 67.6 Å². The smallest absolute Gasteiger partial charge is 0.238 e. The van der Waals surface area contributed by atoms with Crippen LogP contribution in [-0.2, 0) is 16.1 Å². The Morgan fingerprint density at radius 1 is 1.18 bits per heavy atom. The maximum atomic E-state index is 13.2. The second kappa shape index (κ2) is 11.1. The molecule has 0 saturated carbocycles. The molecule has 1 N–H and O–H groups in total. The summed E-state index contributed by atoms with van der Waals surface area (Å²) in [4.78, 5) is 32.5. The van der Waals surface area contributed by atoms with Gasteiger partial charge in [0.15, 0.2) is 5.17 Å². The standard InChI is InChI=1S/C25H21BrClN3O3S/c1-33-21-11-9-19(10-12-21)29-25-30(15-16-5-7-18(27)8-6-16)23(31)14-22(34-25)24(32)28-20-4-2-3-17(26)13-20/h2-13,22H,14-15H2,1H3,(H,28,32). The maximum Gasteiger partial charge on any atom is 0.238 e. The summed E-state index contributed by atoms with van der Waals surface area (Å²) in [5.41, 5.74) is 2.23. The van der Waals surface area contributed by atoms with Crippen molar-refractivity contribution in [2.24, 2.45) is 4.99 Å². The summed E-state index contributed by atoms with van der Waals surface area (Å²) in [5.74, 6) is 0.293. The number of hydrogen-bond donors (Lipinski definition) is 1. The largest absolute Gasteiger partial charge is 0.497 e. The molecule has 1 atom stereocenters. The maximum absolute atomic E-state index is 13.2. The van der Waals surface area contributed by atoms with E-state index in [1.54, 1.807) is 42.3 Å². The first-order chi connectivity index (χ1) is 16.4. The third-order valence-electron chi connectivity index (χ3n) is 5.08. The van der Waals surface area contributed by atoms with Gasteiger partial charge in [-0.3, -0.25) is 14.5 Å². The van der Waals surface area contributed by atoms with E-state index < -0.39 is 5.25 Å². The Morgan fingerprint density at radius 2 is 1.91 bits per heavy atom. The second-order valence-electron chi connectivity index (χ2n) is 7.51. The fraction of sp³-hybridized carbons (Fsp3) is 0.160. The first kappa shape index (κ1) is 24.3. The molecular weight excluding hydrogens is 538 g/mol. The topological polar surface area (TPSA) is 71.0 Å². The van der Waals surface area contributed by atoms with Gasteiger partial charge in [0.05, 0.1) is 19.3 Å². The van der Waals surface area contributed by atoms with Crippen molar-refractivity contribution in [2.45, 2.75) is 18.2 Å². The fourth-order valence-electron chi connectivity index (χ4n) is 3.33. The van der Waals surface area contributed by atoms with Gasteiger partial charge >= 0.3 is 0 Å². The molecule has 1 aliphatic rings. The minimum absolute atomic E-state index is 0.0692. The highest BCUT2D eigenvalue weighted by atomic mass is 79.9. The molecule has 0 bridgehead atoms. The number of nitrogens with zero attached hydrogens (tertiary/aromatic N) is 2. The van der Waals surface area contributed by atoms with Crippen LogP contribution in [0.5, 0.6) is 5.75 Å². The van der Waals surface area contributed by atoms with Crippen molar-refractivity contribution in [1.29, 1.82) is 0 Å². The molecular formula is C25H21BrClN3O3S. The van der Waals surface area contributed by atoms with Crippen molar-refractivity contribution in [2.75, 3.05) is 12.4 Å². The predicted octanol–water partition coefficient (Wildman–Crippen LogP) is 6.27. The van der Waals surface area contributed by atoms with Crippen LogP contribution >= 0.6 is 39.3 Å². The molecule has 1 heterocycles. The number of benzene rings is 3. The van der Waals surface area contributed by atoms with E-state index in [4.69, 9.17) is 21.3 Å². The number of thioether (sulfide) groups is 1. The Kier molecular flexibility index (Phi) is 7.92. The van der Waals surface area contributed by atoms with Crippen LogP contribution in [0.1, 0.15) is 12.0 Å². The summed E-state index contributed by atoms with van der Waals surface area (Å²) in [6.45, 7) is 0.331. The molecule has 6 nitrogen and oxygen atoms in total. The normalized spacial score (nSPS) is 17.0. The monoisotopic (exact) mass is 557 g/mol. The zero-order chi connectivity index (χ0) is 24.1. The third-order valence-corrected chi connectivity index (χ3v) is 7.01. The van der Waals surface area contributed by atoms with Crippen molar-refractivity contribution in [3.63, 3.8) is 0 Å². The molecule has 34 heavy (non-hydrogen) atoms. The van der Waals surface area contributed by atoms with Gasteiger partial charge in [-0.15, -0.1) is 0 Å². The SMILES string of the molecule is COc1ccc(N=C2SC(C(=O)Nc3cccc(Br)c3)CC(=O)N2Cc2ccc(Cl)cc2)cc1. The molecule has 174 valence electrons. The van der Waals surface area contributed by atoms with Crippen molar-refractivity contribution in [3.05, 3.63) is 87.9 Å². The van der Waals surface area contributed by atoms with Crippen LogP contribution < -0.4 is 10.1 Å². The number of methoxy groups -OCH3 is 1. The second-order valence-corrected chi connectivity index (χ2v) is 10.0. The molecule has 0 spiro atoms. The van der Waals surface area contributed by atoms with Crippen molar-refractivity contribution in [1.82, 2.24) is 4.90 Å². The molecule has 1 aliphatic heterocycles. The van der Waals surface area contributed by atoms with Gasteiger partial charge in [0.25, 0.3) is 0 Å². The molecule has 3 aromatic carbocycles. The van der Waals surface area contributed by atoms with Crippen LogP contribution in [0.4, 0.5) is 11.4 Å². The number of hydrogen-bond acceptors (Lipinski definition) is 5. The highest BCUT2D eigenvalue weighted by molar-refractivity contribution is 9.10. The average molecular weight is 559 g/mol. The number of carbonyl (C=O) groups is 2. The Labute approximate surface area is 215 Å². The zero-order valence-electron chi connectivity index (χ0n) is 18.2. The van der Waals surface area contributed by atoms with Gasteiger partial charge in [0.1, 0.15) is 11.0 Å². The molecule has 9 heteroatoms. The van der Waals surface area contributed by atoms with Gasteiger partial charge < -0.3 is 10.1 Å². The van der Waals surface area contributed by atoms with E-state index >= 15 is 0 Å². The van der Waals surface area contributed by atoms with Crippen molar-refractivity contribution in [3.8, 4) is 5.75 Å². The molecule has 3 aromatic rings. The van der Waals surface area contributed by atoms with Crippen LogP contribution in [0, 0.1) is 0 Å². The van der Waals surface area contributed by atoms with Crippen LogP contribution in [0.2, 0.25) is 5.02 Å². The Morgan fingerprint density at radius 3 is 2.59 bits per heavy atom. The number of anilines is 1. The summed E-state index contributed by atoms with van der Waals surface area (Å²) in [6, 6.07) is 21.9. The number of halogens is 2. The van der Waals surface area contributed by atoms with Crippen LogP contribution in [0.15, 0.2) is 82.3 Å². The molecule has 1 fully saturated rings. The lowest BCUT2D eigenvalue weighted by atomic mass is 10.2. The average Bonchev–Trinajstić information content (AvgIpc) is 2.83. The Hall–Kier alpha value is -2.81. The number of carbonyl (C=O) groups excluding carboxylic acids is 2. The lowest BCUT2D eigenvalue weighted by molar-refractivity contribution is -0.129. The lowest BCUT2D eigenvalue weighted by Crippen LogP contribution is -2.44. The van der Waals surface area contributed by atoms with E-state index in [2.05, 4.69) is 21.2 Å². The molecule has 0 radical (unpaired) electrons. The molecule has 2 amide bonds.